The minimum absolute atomic E-state index is 0.168. The number of hydrogen-bond donors (Lipinski definition) is 0. The fourth-order valence-electron chi connectivity index (χ4n) is 2.44. The molecule has 0 aromatic carbocycles. The van der Waals surface area contributed by atoms with Crippen molar-refractivity contribution in [3.05, 3.63) is 12.4 Å². The summed E-state index contributed by atoms with van der Waals surface area (Å²) in [5.41, 5.74) is 0.445. The van der Waals surface area contributed by atoms with E-state index in [1.54, 1.807) is 21.3 Å². The van der Waals surface area contributed by atoms with Crippen LogP contribution in [0.2, 0.25) is 5.54 Å². The summed E-state index contributed by atoms with van der Waals surface area (Å²) in [7, 11) is 2.51. The number of nitrogens with zero attached hydrogens (tertiary/aromatic N) is 2. The first-order valence-corrected chi connectivity index (χ1v) is 8.94. The molecule has 1 heterocycles. The topological polar surface area (TPSA) is 34.2 Å². The van der Waals surface area contributed by atoms with E-state index in [0.29, 0.717) is 0 Å². The fraction of sp³-hybridized carbons (Fsp3) is 0.857. The Morgan fingerprint density at radius 1 is 1.10 bits per heavy atom. The Balaban J connectivity index is 2.47. The van der Waals surface area contributed by atoms with Crippen LogP contribution in [0.15, 0.2) is 12.4 Å². The van der Waals surface area contributed by atoms with Crippen molar-refractivity contribution in [2.75, 3.05) is 34.5 Å². The molecule has 1 unspecified atom stereocenters. The van der Waals surface area contributed by atoms with Gasteiger partial charge in [-0.05, 0) is 27.2 Å². The molecule has 1 aliphatic rings. The van der Waals surface area contributed by atoms with Crippen molar-refractivity contribution in [3.63, 3.8) is 0 Å². The third-order valence-electron chi connectivity index (χ3n) is 3.96. The first kappa shape index (κ1) is 17.5. The third-order valence-corrected chi connectivity index (χ3v) is 7.16. The van der Waals surface area contributed by atoms with Gasteiger partial charge in [0.2, 0.25) is 0 Å². The quantitative estimate of drug-likeness (QED) is 0.675. The van der Waals surface area contributed by atoms with Crippen molar-refractivity contribution >= 4 is 8.80 Å². The van der Waals surface area contributed by atoms with E-state index < -0.39 is 8.80 Å². The van der Waals surface area contributed by atoms with Crippen LogP contribution < -0.4 is 0 Å². The Morgan fingerprint density at radius 2 is 1.65 bits per heavy atom. The Bertz CT molecular complexity index is 319. The zero-order valence-electron chi connectivity index (χ0n) is 14.0. The zero-order chi connectivity index (χ0) is 15.4. The summed E-state index contributed by atoms with van der Waals surface area (Å²) < 4.78 is 16.6. The van der Waals surface area contributed by atoms with E-state index in [0.717, 1.165) is 19.6 Å². The molecule has 0 amide bonds. The van der Waals surface area contributed by atoms with Crippen LogP contribution in [0.4, 0.5) is 0 Å². The van der Waals surface area contributed by atoms with Crippen LogP contribution in [0.5, 0.6) is 0 Å². The Kier molecular flexibility index (Phi) is 6.06. The van der Waals surface area contributed by atoms with E-state index >= 15 is 0 Å². The van der Waals surface area contributed by atoms with Gasteiger partial charge in [-0.3, -0.25) is 0 Å². The molecule has 0 N–H and O–H groups in total. The lowest BCUT2D eigenvalue weighted by Crippen LogP contribution is -2.47. The molecule has 5 nitrogen and oxygen atoms in total. The highest BCUT2D eigenvalue weighted by Crippen LogP contribution is 2.28. The second-order valence-electron chi connectivity index (χ2n) is 6.30. The summed E-state index contributed by atoms with van der Waals surface area (Å²) in [5, 5.41) is 0. The Morgan fingerprint density at radius 3 is 2.05 bits per heavy atom. The van der Waals surface area contributed by atoms with Crippen molar-refractivity contribution in [2.45, 2.75) is 45.2 Å². The average Bonchev–Trinajstić information content (AvgIpc) is 2.88. The maximum absolute atomic E-state index is 5.54. The molecule has 0 aliphatic carbocycles. The summed E-state index contributed by atoms with van der Waals surface area (Å²) in [6, 6.07) is 0. The molecule has 0 fully saturated rings. The second-order valence-corrected chi connectivity index (χ2v) is 9.72. The molecule has 1 atom stereocenters. The molecule has 0 aromatic heterocycles. The summed E-state index contributed by atoms with van der Waals surface area (Å²) in [5.74, 6) is 0. The molecule has 0 bridgehead atoms. The molecule has 0 saturated heterocycles. The highest BCUT2D eigenvalue weighted by atomic mass is 28.4. The molecule has 1 aliphatic heterocycles. The maximum Gasteiger partial charge on any atom is 0.503 e. The molecule has 6 heteroatoms. The summed E-state index contributed by atoms with van der Waals surface area (Å²) in [6.45, 7) is 10.7. The van der Waals surface area contributed by atoms with Crippen LogP contribution in [0, 0.1) is 0 Å². The van der Waals surface area contributed by atoms with E-state index in [4.69, 9.17) is 13.3 Å². The molecular weight excluding hydrogens is 272 g/mol. The Hall–Kier alpha value is -0.563. The third kappa shape index (κ3) is 3.97. The lowest BCUT2D eigenvalue weighted by molar-refractivity contribution is 0.108. The van der Waals surface area contributed by atoms with Gasteiger partial charge in [-0.1, -0.05) is 6.92 Å². The van der Waals surface area contributed by atoms with Gasteiger partial charge in [0.15, 0.2) is 0 Å². The van der Waals surface area contributed by atoms with E-state index in [1.165, 1.54) is 0 Å². The van der Waals surface area contributed by atoms with Crippen molar-refractivity contribution in [2.24, 2.45) is 0 Å². The van der Waals surface area contributed by atoms with Crippen molar-refractivity contribution in [3.8, 4) is 0 Å². The lowest BCUT2D eigenvalue weighted by Gasteiger charge is -2.34. The molecule has 0 aromatic rings. The highest BCUT2D eigenvalue weighted by Gasteiger charge is 2.44. The van der Waals surface area contributed by atoms with Gasteiger partial charge in [-0.2, -0.15) is 0 Å². The van der Waals surface area contributed by atoms with Crippen molar-refractivity contribution in [1.29, 1.82) is 0 Å². The predicted molar refractivity (Wildman–Crippen MR) is 83.1 cm³/mol. The molecule has 118 valence electrons. The summed E-state index contributed by atoms with van der Waals surface area (Å²) >= 11 is 0. The van der Waals surface area contributed by atoms with Gasteiger partial charge in [0.1, 0.15) is 0 Å². The normalized spacial score (nSPS) is 17.9. The van der Waals surface area contributed by atoms with Gasteiger partial charge in [-0.15, -0.1) is 0 Å². The van der Waals surface area contributed by atoms with Crippen LogP contribution in [-0.4, -0.2) is 58.7 Å². The highest BCUT2D eigenvalue weighted by molar-refractivity contribution is 6.62. The summed E-state index contributed by atoms with van der Waals surface area (Å²) in [6.07, 6.45) is 5.32. The van der Waals surface area contributed by atoms with Crippen LogP contribution in [-0.2, 0) is 13.3 Å². The molecule has 1 rings (SSSR count). The SMILES string of the molecule is CO[Si](OC)(OC)C(C)CCN1C=CN(C(C)(C)C)C1. The van der Waals surface area contributed by atoms with Gasteiger partial charge in [0, 0.05) is 51.4 Å². The molecule has 0 spiro atoms. The smallest absolute Gasteiger partial charge is 0.377 e. The van der Waals surface area contributed by atoms with Crippen LogP contribution in [0.1, 0.15) is 34.1 Å². The standard InChI is InChI=1S/C14H30N2O3Si/c1-13(20(17-5,18-6)19-7)8-9-15-10-11-16(12-15)14(2,3)4/h10-11,13H,8-9,12H2,1-7H3. The maximum atomic E-state index is 5.54. The minimum Gasteiger partial charge on any atom is -0.377 e. The van der Waals surface area contributed by atoms with Crippen LogP contribution >= 0.6 is 0 Å². The second kappa shape index (κ2) is 6.93. The van der Waals surface area contributed by atoms with E-state index in [2.05, 4.69) is 49.9 Å². The van der Waals surface area contributed by atoms with Crippen LogP contribution in [0.25, 0.3) is 0 Å². The monoisotopic (exact) mass is 302 g/mol. The molecular formula is C14H30N2O3Si. The van der Waals surface area contributed by atoms with Gasteiger partial charge in [0.05, 0.1) is 6.67 Å². The lowest BCUT2D eigenvalue weighted by atomic mass is 10.1. The van der Waals surface area contributed by atoms with E-state index in [-0.39, 0.29) is 11.1 Å². The molecule has 20 heavy (non-hydrogen) atoms. The Labute approximate surface area is 124 Å². The first-order valence-electron chi connectivity index (χ1n) is 7.13. The van der Waals surface area contributed by atoms with E-state index in [9.17, 15) is 0 Å². The average molecular weight is 302 g/mol. The fourth-order valence-corrected chi connectivity index (χ4v) is 4.63. The van der Waals surface area contributed by atoms with Crippen LogP contribution in [0.3, 0.4) is 0 Å². The largest absolute Gasteiger partial charge is 0.503 e. The number of hydrogen-bond acceptors (Lipinski definition) is 5. The van der Waals surface area contributed by atoms with E-state index in [1.807, 2.05) is 0 Å². The van der Waals surface area contributed by atoms with Gasteiger partial charge < -0.3 is 23.1 Å². The van der Waals surface area contributed by atoms with Gasteiger partial charge in [-0.25, -0.2) is 0 Å². The van der Waals surface area contributed by atoms with Crippen molar-refractivity contribution in [1.82, 2.24) is 9.80 Å². The predicted octanol–water partition coefficient (Wildman–Crippen LogP) is 2.49. The summed E-state index contributed by atoms with van der Waals surface area (Å²) in [4.78, 5) is 4.66. The zero-order valence-corrected chi connectivity index (χ0v) is 15.0. The molecule has 0 saturated carbocycles. The van der Waals surface area contributed by atoms with Gasteiger partial charge in [0.25, 0.3) is 0 Å². The van der Waals surface area contributed by atoms with Crippen molar-refractivity contribution < 1.29 is 13.3 Å². The first-order chi connectivity index (χ1) is 9.29. The number of rotatable bonds is 7. The van der Waals surface area contributed by atoms with Gasteiger partial charge >= 0.3 is 8.80 Å². The molecule has 0 radical (unpaired) electrons. The minimum atomic E-state index is -2.51.